The second kappa shape index (κ2) is 6.33. The molecule has 0 amide bonds. The number of aliphatic carboxylic acids is 1. The van der Waals surface area contributed by atoms with Crippen LogP contribution in [0.3, 0.4) is 0 Å². The monoisotopic (exact) mass is 365 g/mol. The summed E-state index contributed by atoms with van der Waals surface area (Å²) >= 11 is 3.03. The molecule has 0 radical (unpaired) electrons. The Morgan fingerprint density at radius 2 is 2.00 bits per heavy atom. The number of carbonyl (C=O) groups is 2. The van der Waals surface area contributed by atoms with E-state index in [-0.39, 0.29) is 14.9 Å². The number of methoxy groups -OCH3 is 1. The number of halogens is 1. The Morgan fingerprint density at radius 3 is 2.45 bits per heavy atom. The van der Waals surface area contributed by atoms with Gasteiger partial charge >= 0.3 is 11.9 Å². The second-order valence-electron chi connectivity index (χ2n) is 3.82. The average molecular weight is 366 g/mol. The molecule has 0 heterocycles. The molecule has 0 bridgehead atoms. The van der Waals surface area contributed by atoms with E-state index in [0.29, 0.717) is 0 Å². The number of sulfonamides is 1. The number of carboxylic acids is 1. The van der Waals surface area contributed by atoms with Gasteiger partial charge in [-0.05, 0) is 41.1 Å². The summed E-state index contributed by atoms with van der Waals surface area (Å²) in [5, 5.41) is 8.71. The maximum Gasteiger partial charge on any atom is 0.337 e. The minimum atomic E-state index is -4.01. The molecule has 9 heteroatoms. The molecule has 0 saturated carbocycles. The highest BCUT2D eigenvalue weighted by molar-refractivity contribution is 9.10. The number of esters is 1. The molecule has 0 spiro atoms. The minimum Gasteiger partial charge on any atom is -0.480 e. The Bertz CT molecular complexity index is 642. The first-order chi connectivity index (χ1) is 9.19. The number of benzene rings is 1. The Balaban J connectivity index is 3.14. The van der Waals surface area contributed by atoms with Gasteiger partial charge in [0.2, 0.25) is 10.0 Å². The number of hydrogen-bond acceptors (Lipinski definition) is 5. The Morgan fingerprint density at radius 1 is 1.40 bits per heavy atom. The molecule has 1 atom stereocenters. The first-order valence-electron chi connectivity index (χ1n) is 5.32. The predicted molar refractivity (Wildman–Crippen MR) is 72.9 cm³/mol. The van der Waals surface area contributed by atoms with E-state index in [1.165, 1.54) is 32.2 Å². The first kappa shape index (κ1) is 16.6. The summed E-state index contributed by atoms with van der Waals surface area (Å²) in [4.78, 5) is 21.8. The molecule has 1 rings (SSSR count). The van der Waals surface area contributed by atoms with Crippen molar-refractivity contribution in [1.82, 2.24) is 4.72 Å². The highest BCUT2D eigenvalue weighted by atomic mass is 79.9. The third-order valence-corrected chi connectivity index (χ3v) is 4.86. The molecule has 20 heavy (non-hydrogen) atoms. The fraction of sp³-hybridized carbons (Fsp3) is 0.273. The van der Waals surface area contributed by atoms with Crippen molar-refractivity contribution in [3.05, 3.63) is 28.2 Å². The first-order valence-corrected chi connectivity index (χ1v) is 7.59. The van der Waals surface area contributed by atoms with E-state index in [2.05, 4.69) is 20.7 Å². The summed E-state index contributed by atoms with van der Waals surface area (Å²) in [6, 6.07) is 2.47. The van der Waals surface area contributed by atoms with Crippen molar-refractivity contribution in [2.75, 3.05) is 7.11 Å². The maximum atomic E-state index is 12.0. The van der Waals surface area contributed by atoms with Gasteiger partial charge in [-0.1, -0.05) is 0 Å². The molecule has 110 valence electrons. The Kier molecular flexibility index (Phi) is 5.26. The summed E-state index contributed by atoms with van der Waals surface area (Å²) in [5.74, 6) is -1.91. The topological polar surface area (TPSA) is 110 Å². The fourth-order valence-corrected chi connectivity index (χ4v) is 3.58. The zero-order valence-electron chi connectivity index (χ0n) is 10.6. The molecule has 0 aliphatic rings. The zero-order valence-corrected chi connectivity index (χ0v) is 13.0. The van der Waals surface area contributed by atoms with Gasteiger partial charge in [0.25, 0.3) is 0 Å². The summed E-state index contributed by atoms with van der Waals surface area (Å²) in [6.45, 7) is 1.20. The van der Waals surface area contributed by atoms with Crippen LogP contribution in [0.2, 0.25) is 0 Å². The van der Waals surface area contributed by atoms with Crippen molar-refractivity contribution < 1.29 is 27.9 Å². The smallest absolute Gasteiger partial charge is 0.337 e. The number of carbonyl (C=O) groups excluding carboxylic acids is 1. The van der Waals surface area contributed by atoms with Gasteiger partial charge in [0.05, 0.1) is 17.6 Å². The van der Waals surface area contributed by atoms with Crippen LogP contribution in [-0.4, -0.2) is 38.6 Å². The van der Waals surface area contributed by atoms with Crippen molar-refractivity contribution in [2.45, 2.75) is 17.9 Å². The van der Waals surface area contributed by atoms with Crippen molar-refractivity contribution in [1.29, 1.82) is 0 Å². The molecule has 1 aromatic rings. The van der Waals surface area contributed by atoms with Crippen LogP contribution in [0.5, 0.6) is 0 Å². The van der Waals surface area contributed by atoms with Gasteiger partial charge in [-0.2, -0.15) is 4.72 Å². The van der Waals surface area contributed by atoms with Gasteiger partial charge in [-0.25, -0.2) is 13.2 Å². The second-order valence-corrected chi connectivity index (χ2v) is 6.35. The predicted octanol–water partition coefficient (Wildman–Crippen LogP) is 0.987. The van der Waals surface area contributed by atoms with Crippen LogP contribution >= 0.6 is 15.9 Å². The molecule has 7 nitrogen and oxygen atoms in total. The third kappa shape index (κ3) is 3.78. The van der Waals surface area contributed by atoms with E-state index in [1.54, 1.807) is 0 Å². The lowest BCUT2D eigenvalue weighted by Crippen LogP contribution is -2.38. The van der Waals surface area contributed by atoms with Crippen LogP contribution in [0.25, 0.3) is 0 Å². The van der Waals surface area contributed by atoms with Gasteiger partial charge in [0.15, 0.2) is 0 Å². The van der Waals surface area contributed by atoms with E-state index in [1.807, 2.05) is 4.72 Å². The molecular weight excluding hydrogens is 354 g/mol. The standard InChI is InChI=1S/C11H12BrNO6S/c1-6(10(14)15)13-20(17,18)9-4-3-7(5-8(9)12)11(16)19-2/h3-6,13H,1-2H3,(H,14,15)/t6-/m0/s1. The zero-order chi connectivity index (χ0) is 15.5. The lowest BCUT2D eigenvalue weighted by molar-refractivity contribution is -0.138. The largest absolute Gasteiger partial charge is 0.480 e. The summed E-state index contributed by atoms with van der Waals surface area (Å²) in [7, 11) is -2.81. The molecular formula is C11H12BrNO6S. The van der Waals surface area contributed by atoms with Gasteiger partial charge in [-0.3, -0.25) is 4.79 Å². The molecule has 0 saturated heterocycles. The molecule has 2 N–H and O–H groups in total. The van der Waals surface area contributed by atoms with Crippen LogP contribution in [0, 0.1) is 0 Å². The highest BCUT2D eigenvalue weighted by Crippen LogP contribution is 2.23. The van der Waals surface area contributed by atoms with E-state index >= 15 is 0 Å². The molecule has 0 aromatic heterocycles. The van der Waals surface area contributed by atoms with Gasteiger partial charge < -0.3 is 9.84 Å². The minimum absolute atomic E-state index is 0.130. The molecule has 0 aliphatic heterocycles. The number of nitrogens with one attached hydrogen (secondary N) is 1. The quantitative estimate of drug-likeness (QED) is 0.752. The lowest BCUT2D eigenvalue weighted by atomic mass is 10.2. The van der Waals surface area contributed by atoms with Crippen molar-refractivity contribution in [2.24, 2.45) is 0 Å². The van der Waals surface area contributed by atoms with E-state index in [0.717, 1.165) is 0 Å². The summed E-state index contributed by atoms with van der Waals surface area (Å²) < 4.78 is 30.6. The SMILES string of the molecule is COC(=O)c1ccc(S(=O)(=O)N[C@@H](C)C(=O)O)c(Br)c1. The van der Waals surface area contributed by atoms with Crippen LogP contribution in [0.15, 0.2) is 27.6 Å². The van der Waals surface area contributed by atoms with Gasteiger partial charge in [0, 0.05) is 4.47 Å². The highest BCUT2D eigenvalue weighted by Gasteiger charge is 2.24. The van der Waals surface area contributed by atoms with Crippen molar-refractivity contribution in [3.8, 4) is 0 Å². The Hall–Kier alpha value is -1.45. The third-order valence-electron chi connectivity index (χ3n) is 2.34. The number of ether oxygens (including phenoxy) is 1. The Labute approximate surface area is 124 Å². The van der Waals surface area contributed by atoms with E-state index < -0.39 is 28.0 Å². The van der Waals surface area contributed by atoms with Gasteiger partial charge in [0.1, 0.15) is 6.04 Å². The van der Waals surface area contributed by atoms with Crippen molar-refractivity contribution >= 4 is 37.9 Å². The van der Waals surface area contributed by atoms with Crippen LogP contribution in [0.4, 0.5) is 0 Å². The molecule has 1 aromatic carbocycles. The van der Waals surface area contributed by atoms with Crippen LogP contribution < -0.4 is 4.72 Å². The number of carboxylic acid groups (broad SMARTS) is 1. The average Bonchev–Trinajstić information content (AvgIpc) is 2.36. The van der Waals surface area contributed by atoms with Gasteiger partial charge in [-0.15, -0.1) is 0 Å². The summed E-state index contributed by atoms with van der Waals surface area (Å²) in [6.07, 6.45) is 0. The van der Waals surface area contributed by atoms with Crippen molar-refractivity contribution in [3.63, 3.8) is 0 Å². The van der Waals surface area contributed by atoms with E-state index in [9.17, 15) is 18.0 Å². The maximum absolute atomic E-state index is 12.0. The molecule has 0 fully saturated rings. The van der Waals surface area contributed by atoms with E-state index in [4.69, 9.17) is 5.11 Å². The normalized spacial score (nSPS) is 12.8. The van der Waals surface area contributed by atoms with Crippen LogP contribution in [-0.2, 0) is 19.6 Å². The molecule has 0 aliphatic carbocycles. The molecule has 0 unspecified atom stereocenters. The number of hydrogen-bond donors (Lipinski definition) is 2. The van der Waals surface area contributed by atoms with Crippen LogP contribution in [0.1, 0.15) is 17.3 Å². The number of rotatable bonds is 5. The lowest BCUT2D eigenvalue weighted by Gasteiger charge is -2.12. The fourth-order valence-electron chi connectivity index (χ4n) is 1.31. The summed E-state index contributed by atoms with van der Waals surface area (Å²) in [5.41, 5.74) is 0.171.